The van der Waals surface area contributed by atoms with Crippen molar-refractivity contribution in [2.45, 2.75) is 37.8 Å². The Morgan fingerprint density at radius 2 is 1.88 bits per heavy atom. The van der Waals surface area contributed by atoms with Gasteiger partial charge < -0.3 is 14.2 Å². The second-order valence-corrected chi connectivity index (χ2v) is 9.26. The number of aromatic nitrogens is 3. The number of anilines is 1. The minimum absolute atomic E-state index is 0.106. The van der Waals surface area contributed by atoms with E-state index >= 15 is 0 Å². The number of fused-ring (bicyclic) bond motifs is 1. The van der Waals surface area contributed by atoms with Crippen LogP contribution in [0.25, 0.3) is 5.69 Å². The van der Waals surface area contributed by atoms with Crippen molar-refractivity contribution in [2.24, 2.45) is 0 Å². The number of thioether (sulfide) groups is 1. The fourth-order valence-corrected chi connectivity index (χ4v) is 5.49. The average Bonchev–Trinajstić information content (AvgIpc) is 3.43. The number of para-hydroxylation sites is 1. The highest BCUT2D eigenvalue weighted by Gasteiger charge is 2.27. The second-order valence-electron chi connectivity index (χ2n) is 8.32. The largest absolute Gasteiger partial charge is 0.424 e. The number of nitriles is 1. The zero-order valence-electron chi connectivity index (χ0n) is 18.7. The van der Waals surface area contributed by atoms with Crippen LogP contribution in [0.15, 0.2) is 39.9 Å². The van der Waals surface area contributed by atoms with Gasteiger partial charge in [-0.15, -0.1) is 0 Å². The lowest BCUT2D eigenvalue weighted by atomic mass is 10.0. The number of carbonyl (C=O) groups is 1. The molecule has 8 nitrogen and oxygen atoms in total. The van der Waals surface area contributed by atoms with E-state index in [1.807, 2.05) is 28.0 Å². The lowest BCUT2D eigenvalue weighted by molar-refractivity contribution is -0.128. The molecule has 3 heterocycles. The highest BCUT2D eigenvalue weighted by atomic mass is 32.2. The summed E-state index contributed by atoms with van der Waals surface area (Å²) < 4.78 is 7.85. The molecule has 1 aromatic carbocycles. The third kappa shape index (κ3) is 4.35. The predicted octanol–water partition coefficient (Wildman–Crippen LogP) is 3.36. The number of amides is 1. The molecule has 0 spiro atoms. The van der Waals surface area contributed by atoms with E-state index in [0.29, 0.717) is 49.4 Å². The molecule has 5 rings (SSSR count). The van der Waals surface area contributed by atoms with Crippen LogP contribution in [0.3, 0.4) is 0 Å². The molecule has 1 aliphatic carbocycles. The number of hydrogen-bond acceptors (Lipinski definition) is 7. The van der Waals surface area contributed by atoms with E-state index in [4.69, 9.17) is 9.40 Å². The molecule has 1 saturated heterocycles. The maximum Gasteiger partial charge on any atom is 0.234 e. The molecule has 0 radical (unpaired) electrons. The molecule has 0 bridgehead atoms. The molecule has 0 unspecified atom stereocenters. The Balaban J connectivity index is 1.25. The quantitative estimate of drug-likeness (QED) is 0.537. The smallest absolute Gasteiger partial charge is 0.234 e. The Bertz CT molecular complexity index is 1190. The highest BCUT2D eigenvalue weighted by molar-refractivity contribution is 7.99. The van der Waals surface area contributed by atoms with Gasteiger partial charge in [0.15, 0.2) is 11.0 Å². The van der Waals surface area contributed by atoms with Gasteiger partial charge >= 0.3 is 0 Å². The van der Waals surface area contributed by atoms with Crippen molar-refractivity contribution >= 4 is 23.6 Å². The summed E-state index contributed by atoms with van der Waals surface area (Å²) in [6.07, 6.45) is 4.38. The number of hydrogen-bond donors (Lipinski definition) is 0. The molecule has 0 N–H and O–H groups in total. The molecule has 9 heteroatoms. The second kappa shape index (κ2) is 9.32. The summed E-state index contributed by atoms with van der Waals surface area (Å²) in [5.41, 5.74) is 3.86. The number of carbonyl (C=O) groups excluding carboxylic acids is 1. The first-order chi connectivity index (χ1) is 16.1. The summed E-state index contributed by atoms with van der Waals surface area (Å²) in [7, 11) is 0. The maximum absolute atomic E-state index is 13.0. The van der Waals surface area contributed by atoms with Crippen LogP contribution < -0.4 is 4.90 Å². The van der Waals surface area contributed by atoms with Crippen molar-refractivity contribution in [1.29, 1.82) is 5.26 Å². The fraction of sp³-hybridized carbons (Fsp3) is 0.417. The zero-order valence-corrected chi connectivity index (χ0v) is 19.5. The van der Waals surface area contributed by atoms with Crippen LogP contribution in [0.5, 0.6) is 0 Å². The third-order valence-corrected chi connectivity index (χ3v) is 7.11. The molecule has 1 aliphatic heterocycles. The van der Waals surface area contributed by atoms with E-state index in [-0.39, 0.29) is 5.91 Å². The van der Waals surface area contributed by atoms with Gasteiger partial charge in [0.25, 0.3) is 0 Å². The SMILES string of the molecule is Cc1nc(C#N)c(N2CCN(C(=O)CSc3nc4c(n3-c3ccccc3)CCCC4)CC2)o1. The van der Waals surface area contributed by atoms with Crippen molar-refractivity contribution in [3.63, 3.8) is 0 Å². The van der Waals surface area contributed by atoms with Gasteiger partial charge in [0.2, 0.25) is 17.5 Å². The summed E-state index contributed by atoms with van der Waals surface area (Å²) >= 11 is 1.52. The van der Waals surface area contributed by atoms with Gasteiger partial charge in [-0.2, -0.15) is 5.26 Å². The third-order valence-electron chi connectivity index (χ3n) is 6.18. The highest BCUT2D eigenvalue weighted by Crippen LogP contribution is 2.31. The zero-order chi connectivity index (χ0) is 22.8. The fourth-order valence-electron chi connectivity index (χ4n) is 4.54. The maximum atomic E-state index is 13.0. The van der Waals surface area contributed by atoms with Crippen LogP contribution >= 0.6 is 11.8 Å². The average molecular weight is 463 g/mol. The Hall–Kier alpha value is -3.25. The minimum atomic E-state index is 0.106. The van der Waals surface area contributed by atoms with E-state index in [1.165, 1.54) is 36.0 Å². The summed E-state index contributed by atoms with van der Waals surface area (Å²) in [4.78, 5) is 25.9. The summed E-state index contributed by atoms with van der Waals surface area (Å²) in [6.45, 7) is 4.15. The lowest BCUT2D eigenvalue weighted by Crippen LogP contribution is -2.49. The Morgan fingerprint density at radius 1 is 1.12 bits per heavy atom. The van der Waals surface area contributed by atoms with Crippen LogP contribution in [0, 0.1) is 18.3 Å². The van der Waals surface area contributed by atoms with E-state index < -0.39 is 0 Å². The van der Waals surface area contributed by atoms with Crippen LogP contribution in [0.4, 0.5) is 5.88 Å². The number of piperazine rings is 1. The summed E-state index contributed by atoms with van der Waals surface area (Å²) in [5, 5.41) is 10.2. The Morgan fingerprint density at radius 3 is 2.64 bits per heavy atom. The van der Waals surface area contributed by atoms with Gasteiger partial charge in [0, 0.05) is 44.5 Å². The molecule has 2 aromatic heterocycles. The van der Waals surface area contributed by atoms with Crippen LogP contribution in [-0.2, 0) is 17.6 Å². The van der Waals surface area contributed by atoms with E-state index in [2.05, 4.69) is 27.8 Å². The molecule has 0 atom stereocenters. The molecule has 33 heavy (non-hydrogen) atoms. The van der Waals surface area contributed by atoms with Gasteiger partial charge in [0.1, 0.15) is 6.07 Å². The summed E-state index contributed by atoms with van der Waals surface area (Å²) in [6, 6.07) is 12.4. The molecule has 1 fully saturated rings. The predicted molar refractivity (Wildman–Crippen MR) is 126 cm³/mol. The lowest BCUT2D eigenvalue weighted by Gasteiger charge is -2.34. The first-order valence-corrected chi connectivity index (χ1v) is 12.3. The van der Waals surface area contributed by atoms with Gasteiger partial charge in [0.05, 0.1) is 11.4 Å². The monoisotopic (exact) mass is 462 g/mol. The number of oxazole rings is 1. The number of aryl methyl sites for hydroxylation is 2. The van der Waals surface area contributed by atoms with Crippen molar-refractivity contribution in [3.8, 4) is 11.8 Å². The molecule has 3 aromatic rings. The molecule has 0 saturated carbocycles. The van der Waals surface area contributed by atoms with Gasteiger partial charge in [-0.3, -0.25) is 9.36 Å². The van der Waals surface area contributed by atoms with Crippen LogP contribution in [0.2, 0.25) is 0 Å². The van der Waals surface area contributed by atoms with Gasteiger partial charge in [-0.05, 0) is 37.8 Å². The minimum Gasteiger partial charge on any atom is -0.424 e. The Labute approximate surface area is 197 Å². The molecular weight excluding hydrogens is 436 g/mol. The number of rotatable bonds is 5. The van der Waals surface area contributed by atoms with E-state index in [9.17, 15) is 10.1 Å². The van der Waals surface area contributed by atoms with E-state index in [1.54, 1.807) is 6.92 Å². The first-order valence-electron chi connectivity index (χ1n) is 11.3. The first kappa shape index (κ1) is 21.6. The molecule has 170 valence electrons. The molecule has 1 amide bonds. The van der Waals surface area contributed by atoms with Crippen molar-refractivity contribution in [1.82, 2.24) is 19.4 Å². The van der Waals surface area contributed by atoms with Gasteiger partial charge in [-0.25, -0.2) is 9.97 Å². The van der Waals surface area contributed by atoms with Crippen LogP contribution in [0.1, 0.15) is 35.8 Å². The molecular formula is C24H26N6O2S. The number of imidazole rings is 1. The topological polar surface area (TPSA) is 91.2 Å². The summed E-state index contributed by atoms with van der Waals surface area (Å²) in [5.74, 6) is 1.45. The number of benzene rings is 1. The van der Waals surface area contributed by atoms with Crippen molar-refractivity contribution < 1.29 is 9.21 Å². The normalized spacial score (nSPS) is 15.9. The standard InChI is InChI=1S/C24H26N6O2S/c1-17-26-20(15-25)23(32-17)29-13-11-28(12-14-29)22(31)16-33-24-27-19-9-5-6-10-21(19)30(24)18-7-3-2-4-8-18/h2-4,7-8H,5-6,9-14,16H2,1H3. The van der Waals surface area contributed by atoms with Crippen molar-refractivity contribution in [2.75, 3.05) is 36.8 Å². The Kier molecular flexibility index (Phi) is 6.09. The number of nitrogens with zero attached hydrogens (tertiary/aromatic N) is 6. The molecule has 2 aliphatic rings. The van der Waals surface area contributed by atoms with Gasteiger partial charge in [-0.1, -0.05) is 30.0 Å². The van der Waals surface area contributed by atoms with Crippen LogP contribution in [-0.4, -0.2) is 57.3 Å². The van der Waals surface area contributed by atoms with E-state index in [0.717, 1.165) is 23.7 Å². The van der Waals surface area contributed by atoms with Crippen molar-refractivity contribution in [3.05, 3.63) is 53.3 Å².